The molecule has 0 aliphatic carbocycles. The van der Waals surface area contributed by atoms with E-state index in [4.69, 9.17) is 0 Å². The van der Waals surface area contributed by atoms with Crippen LogP contribution in [0.3, 0.4) is 0 Å². The van der Waals surface area contributed by atoms with Crippen LogP contribution in [-0.2, 0) is 14.8 Å². The van der Waals surface area contributed by atoms with Gasteiger partial charge in [0.1, 0.15) is 0 Å². The second kappa shape index (κ2) is 8.01. The quantitative estimate of drug-likeness (QED) is 0.844. The summed E-state index contributed by atoms with van der Waals surface area (Å²) >= 11 is 0. The Bertz CT molecular complexity index is 921. The van der Waals surface area contributed by atoms with Gasteiger partial charge in [-0.1, -0.05) is 23.8 Å². The van der Waals surface area contributed by atoms with Crippen molar-refractivity contribution in [2.75, 3.05) is 18.0 Å². The molecule has 0 saturated heterocycles. The minimum absolute atomic E-state index is 0.126. The Labute approximate surface area is 156 Å². The molecule has 5 nitrogen and oxygen atoms in total. The summed E-state index contributed by atoms with van der Waals surface area (Å²) in [6.07, 6.45) is 0. The number of hydrogen-bond donors (Lipinski definition) is 1. The van der Waals surface area contributed by atoms with Gasteiger partial charge in [-0.25, -0.2) is 13.1 Å². The van der Waals surface area contributed by atoms with Gasteiger partial charge >= 0.3 is 0 Å². The summed E-state index contributed by atoms with van der Waals surface area (Å²) in [6, 6.07) is 11.0. The average molecular weight is 375 g/mol. The Morgan fingerprint density at radius 1 is 0.962 bits per heavy atom. The number of aryl methyl sites for hydroxylation is 4. The van der Waals surface area contributed by atoms with Crippen molar-refractivity contribution >= 4 is 21.6 Å². The van der Waals surface area contributed by atoms with E-state index in [1.807, 2.05) is 45.0 Å². The molecule has 0 aliphatic rings. The molecular weight excluding hydrogens is 348 g/mol. The molecule has 140 valence electrons. The third kappa shape index (κ3) is 4.71. The summed E-state index contributed by atoms with van der Waals surface area (Å²) in [5.41, 5.74) is 4.72. The molecule has 26 heavy (non-hydrogen) atoms. The van der Waals surface area contributed by atoms with Gasteiger partial charge in [0.05, 0.1) is 4.90 Å². The number of benzene rings is 2. The molecule has 2 rings (SSSR count). The lowest BCUT2D eigenvalue weighted by Crippen LogP contribution is -2.37. The normalized spacial score (nSPS) is 11.4. The summed E-state index contributed by atoms with van der Waals surface area (Å²) in [6.45, 7) is 9.58. The van der Waals surface area contributed by atoms with Crippen LogP contribution >= 0.6 is 0 Å². The number of nitrogens with one attached hydrogen (secondary N) is 1. The Balaban J connectivity index is 2.12. The molecular formula is C20H26N2O3S. The van der Waals surface area contributed by atoms with Crippen LogP contribution in [0.2, 0.25) is 0 Å². The van der Waals surface area contributed by atoms with Crippen LogP contribution in [0.5, 0.6) is 0 Å². The van der Waals surface area contributed by atoms with Crippen molar-refractivity contribution < 1.29 is 13.2 Å². The monoisotopic (exact) mass is 374 g/mol. The summed E-state index contributed by atoms with van der Waals surface area (Å²) in [4.78, 5) is 13.9. The van der Waals surface area contributed by atoms with Crippen LogP contribution in [-0.4, -0.2) is 27.4 Å². The lowest BCUT2D eigenvalue weighted by molar-refractivity contribution is -0.116. The van der Waals surface area contributed by atoms with Crippen LogP contribution in [0, 0.1) is 27.7 Å². The number of nitrogens with zero attached hydrogens (tertiary/aromatic N) is 1. The van der Waals surface area contributed by atoms with E-state index in [9.17, 15) is 13.2 Å². The first-order valence-corrected chi connectivity index (χ1v) is 10.0. The fourth-order valence-corrected chi connectivity index (χ4v) is 4.08. The summed E-state index contributed by atoms with van der Waals surface area (Å²) in [5, 5.41) is 0. The van der Waals surface area contributed by atoms with Gasteiger partial charge < -0.3 is 4.90 Å². The smallest absolute Gasteiger partial charge is 0.240 e. The maximum absolute atomic E-state index is 12.5. The highest BCUT2D eigenvalue weighted by molar-refractivity contribution is 7.89. The van der Waals surface area contributed by atoms with Crippen molar-refractivity contribution in [3.8, 4) is 0 Å². The predicted molar refractivity (Wildman–Crippen MR) is 105 cm³/mol. The third-order valence-electron chi connectivity index (χ3n) is 4.43. The van der Waals surface area contributed by atoms with E-state index in [0.717, 1.165) is 22.4 Å². The Kier molecular flexibility index (Phi) is 6.21. The van der Waals surface area contributed by atoms with Crippen LogP contribution in [0.1, 0.15) is 29.2 Å². The standard InChI is InChI=1S/C20H26N2O3S/c1-14-6-9-20(17(4)12-14)26(24,25)21-10-11-22(18(5)23)19-8-7-15(2)16(3)13-19/h6-9,12-13,21H,10-11H2,1-5H3. The molecule has 0 atom stereocenters. The molecule has 0 fully saturated rings. The van der Waals surface area contributed by atoms with Gasteiger partial charge in [-0.05, 0) is 62.6 Å². The highest BCUT2D eigenvalue weighted by atomic mass is 32.2. The molecule has 0 heterocycles. The van der Waals surface area contributed by atoms with E-state index < -0.39 is 10.0 Å². The van der Waals surface area contributed by atoms with Crippen molar-refractivity contribution in [3.63, 3.8) is 0 Å². The molecule has 0 unspecified atom stereocenters. The molecule has 1 amide bonds. The van der Waals surface area contributed by atoms with Crippen molar-refractivity contribution in [2.24, 2.45) is 0 Å². The van der Waals surface area contributed by atoms with Crippen molar-refractivity contribution in [2.45, 2.75) is 39.5 Å². The summed E-state index contributed by atoms with van der Waals surface area (Å²) < 4.78 is 27.7. The zero-order valence-electron chi connectivity index (χ0n) is 16.0. The van der Waals surface area contributed by atoms with E-state index in [-0.39, 0.29) is 23.9 Å². The van der Waals surface area contributed by atoms with Gasteiger partial charge in [0.25, 0.3) is 0 Å². The topological polar surface area (TPSA) is 66.5 Å². The minimum atomic E-state index is -3.61. The molecule has 0 spiro atoms. The fourth-order valence-electron chi connectivity index (χ4n) is 2.83. The summed E-state index contributed by atoms with van der Waals surface area (Å²) in [5.74, 6) is -0.126. The van der Waals surface area contributed by atoms with Crippen molar-refractivity contribution in [3.05, 3.63) is 58.7 Å². The number of hydrogen-bond acceptors (Lipinski definition) is 3. The zero-order valence-corrected chi connectivity index (χ0v) is 16.8. The predicted octanol–water partition coefficient (Wildman–Crippen LogP) is 3.25. The van der Waals surface area contributed by atoms with Gasteiger partial charge in [0.2, 0.25) is 15.9 Å². The first kappa shape index (κ1) is 20.1. The molecule has 0 bridgehead atoms. The van der Waals surface area contributed by atoms with E-state index in [2.05, 4.69) is 4.72 Å². The second-order valence-corrected chi connectivity index (χ2v) is 8.34. The lowest BCUT2D eigenvalue weighted by atomic mass is 10.1. The average Bonchev–Trinajstić information content (AvgIpc) is 2.53. The molecule has 2 aromatic rings. The largest absolute Gasteiger partial charge is 0.311 e. The van der Waals surface area contributed by atoms with Crippen LogP contribution in [0.4, 0.5) is 5.69 Å². The van der Waals surface area contributed by atoms with E-state index in [1.54, 1.807) is 24.0 Å². The Hall–Kier alpha value is -2.18. The maximum atomic E-state index is 12.5. The first-order valence-electron chi connectivity index (χ1n) is 8.54. The zero-order chi connectivity index (χ0) is 19.5. The van der Waals surface area contributed by atoms with Crippen LogP contribution in [0.25, 0.3) is 0 Å². The highest BCUT2D eigenvalue weighted by Gasteiger charge is 2.18. The molecule has 2 aromatic carbocycles. The van der Waals surface area contributed by atoms with E-state index in [0.29, 0.717) is 5.56 Å². The number of carbonyl (C=O) groups is 1. The highest BCUT2D eigenvalue weighted by Crippen LogP contribution is 2.19. The SMILES string of the molecule is CC(=O)N(CCNS(=O)(=O)c1ccc(C)cc1C)c1ccc(C)c(C)c1. The van der Waals surface area contributed by atoms with Gasteiger partial charge in [-0.15, -0.1) is 0 Å². The Morgan fingerprint density at radius 2 is 1.65 bits per heavy atom. The summed E-state index contributed by atoms with van der Waals surface area (Å²) in [7, 11) is -3.61. The van der Waals surface area contributed by atoms with E-state index in [1.165, 1.54) is 6.92 Å². The number of amides is 1. The molecule has 0 aliphatic heterocycles. The minimum Gasteiger partial charge on any atom is -0.311 e. The second-order valence-electron chi connectivity index (χ2n) is 6.61. The first-order chi connectivity index (χ1) is 12.1. The van der Waals surface area contributed by atoms with Gasteiger partial charge in [-0.3, -0.25) is 4.79 Å². The number of carbonyl (C=O) groups excluding carboxylic acids is 1. The van der Waals surface area contributed by atoms with Crippen molar-refractivity contribution in [1.29, 1.82) is 0 Å². The molecule has 0 saturated carbocycles. The fraction of sp³-hybridized carbons (Fsp3) is 0.350. The number of rotatable bonds is 6. The van der Waals surface area contributed by atoms with Crippen LogP contribution < -0.4 is 9.62 Å². The van der Waals surface area contributed by atoms with E-state index >= 15 is 0 Å². The lowest BCUT2D eigenvalue weighted by Gasteiger charge is -2.22. The maximum Gasteiger partial charge on any atom is 0.240 e. The third-order valence-corrected chi connectivity index (χ3v) is 6.05. The molecule has 6 heteroatoms. The number of anilines is 1. The van der Waals surface area contributed by atoms with Gasteiger partial charge in [0, 0.05) is 25.7 Å². The number of sulfonamides is 1. The Morgan fingerprint density at radius 3 is 2.23 bits per heavy atom. The van der Waals surface area contributed by atoms with Gasteiger partial charge in [0.15, 0.2) is 0 Å². The molecule has 0 aromatic heterocycles. The molecule has 1 N–H and O–H groups in total. The molecule has 0 radical (unpaired) electrons. The van der Waals surface area contributed by atoms with Crippen LogP contribution in [0.15, 0.2) is 41.3 Å². The van der Waals surface area contributed by atoms with Gasteiger partial charge in [-0.2, -0.15) is 0 Å². The van der Waals surface area contributed by atoms with Crippen molar-refractivity contribution in [1.82, 2.24) is 4.72 Å².